The monoisotopic (exact) mass is 146 g/mol. The summed E-state index contributed by atoms with van der Waals surface area (Å²) in [6.07, 6.45) is 0. The van der Waals surface area contributed by atoms with E-state index in [-0.39, 0.29) is 0 Å². The molecule has 2 rings (SSSR count). The van der Waals surface area contributed by atoms with Crippen LogP contribution < -0.4 is 5.46 Å². The van der Waals surface area contributed by atoms with E-state index < -0.39 is 5.95 Å². The van der Waals surface area contributed by atoms with Crippen LogP contribution in [0.1, 0.15) is 0 Å². The van der Waals surface area contributed by atoms with Crippen molar-refractivity contribution in [3.63, 3.8) is 0 Å². The summed E-state index contributed by atoms with van der Waals surface area (Å²) in [5.74, 6) is -0.438. The zero-order valence-corrected chi connectivity index (χ0v) is 5.63. The van der Waals surface area contributed by atoms with Crippen LogP contribution in [-0.4, -0.2) is 18.0 Å². The number of H-pyrrole nitrogens is 1. The van der Waals surface area contributed by atoms with E-state index in [0.29, 0.717) is 16.4 Å². The summed E-state index contributed by atoms with van der Waals surface area (Å²) in [5.41, 5.74) is 1.13. The molecule has 4 heteroatoms. The van der Waals surface area contributed by atoms with Crippen molar-refractivity contribution < 1.29 is 4.39 Å². The van der Waals surface area contributed by atoms with E-state index in [1.54, 1.807) is 18.2 Å². The Balaban J connectivity index is 2.87. The lowest BCUT2D eigenvalue weighted by Crippen LogP contribution is -1.99. The average molecular weight is 146 g/mol. The van der Waals surface area contributed by atoms with Crippen LogP contribution in [0.5, 0.6) is 0 Å². The van der Waals surface area contributed by atoms with E-state index in [4.69, 9.17) is 7.85 Å². The number of hydrogen-bond donors (Lipinski definition) is 1. The smallest absolute Gasteiger partial charge is 0.216 e. The fraction of sp³-hybridized carbons (Fsp3) is 0. The number of rotatable bonds is 0. The van der Waals surface area contributed by atoms with E-state index >= 15 is 0 Å². The van der Waals surface area contributed by atoms with Crippen LogP contribution >= 0.6 is 0 Å². The summed E-state index contributed by atoms with van der Waals surface area (Å²) >= 11 is 0. The topological polar surface area (TPSA) is 28.7 Å². The van der Waals surface area contributed by atoms with Crippen LogP contribution in [0.25, 0.3) is 10.9 Å². The van der Waals surface area contributed by atoms with Gasteiger partial charge in [-0.3, -0.25) is 5.10 Å². The van der Waals surface area contributed by atoms with Crippen LogP contribution in [0, 0.1) is 5.95 Å². The Bertz CT molecular complexity index is 396. The van der Waals surface area contributed by atoms with Gasteiger partial charge in [0.05, 0.1) is 10.9 Å². The molecule has 1 aromatic heterocycles. The Kier molecular flexibility index (Phi) is 1.21. The third-order valence-corrected chi connectivity index (χ3v) is 1.53. The first-order chi connectivity index (χ1) is 5.27. The molecule has 0 fully saturated rings. The Hall–Kier alpha value is -1.32. The minimum absolute atomic E-state index is 0.435. The van der Waals surface area contributed by atoms with Gasteiger partial charge >= 0.3 is 0 Å². The van der Waals surface area contributed by atoms with Gasteiger partial charge < -0.3 is 0 Å². The van der Waals surface area contributed by atoms with E-state index in [0.717, 1.165) is 0 Å². The van der Waals surface area contributed by atoms with Crippen LogP contribution in [0.15, 0.2) is 18.2 Å². The maximum atomic E-state index is 12.8. The first kappa shape index (κ1) is 6.40. The summed E-state index contributed by atoms with van der Waals surface area (Å²) < 4.78 is 12.8. The highest BCUT2D eigenvalue weighted by Gasteiger charge is 2.02. The highest BCUT2D eigenvalue weighted by Crippen LogP contribution is 2.11. The summed E-state index contributed by atoms with van der Waals surface area (Å²) in [5, 5.41) is 6.37. The molecule has 0 unspecified atom stereocenters. The SMILES string of the molecule is [B]c1ccc2n[nH]c(F)c2c1. The second-order valence-electron chi connectivity index (χ2n) is 2.31. The maximum absolute atomic E-state index is 12.8. The van der Waals surface area contributed by atoms with Gasteiger partial charge in [0.2, 0.25) is 5.95 Å². The number of aromatic nitrogens is 2. The van der Waals surface area contributed by atoms with E-state index in [1.165, 1.54) is 0 Å². The second kappa shape index (κ2) is 2.08. The van der Waals surface area contributed by atoms with Gasteiger partial charge in [0, 0.05) is 0 Å². The van der Waals surface area contributed by atoms with Gasteiger partial charge in [0.15, 0.2) is 0 Å². The fourth-order valence-corrected chi connectivity index (χ4v) is 0.996. The lowest BCUT2D eigenvalue weighted by Gasteiger charge is -1.89. The number of nitrogens with zero attached hydrogens (tertiary/aromatic N) is 1. The third kappa shape index (κ3) is 0.907. The minimum Gasteiger partial charge on any atom is -0.252 e. The number of fused-ring (bicyclic) bond motifs is 1. The number of halogens is 1. The maximum Gasteiger partial charge on any atom is 0.216 e. The zero-order chi connectivity index (χ0) is 7.84. The molecule has 0 spiro atoms. The molecule has 1 heterocycles. The molecule has 1 N–H and O–H groups in total. The van der Waals surface area contributed by atoms with Crippen LogP contribution in [0.2, 0.25) is 0 Å². The molecule has 0 amide bonds. The van der Waals surface area contributed by atoms with Crippen LogP contribution in [-0.2, 0) is 0 Å². The lowest BCUT2D eigenvalue weighted by atomic mass is 9.95. The van der Waals surface area contributed by atoms with Crippen molar-refractivity contribution in [2.45, 2.75) is 0 Å². The molecule has 2 aromatic rings. The Morgan fingerprint density at radius 2 is 2.27 bits per heavy atom. The van der Waals surface area contributed by atoms with E-state index in [1.807, 2.05) is 0 Å². The summed E-state index contributed by atoms with van der Waals surface area (Å²) in [6.45, 7) is 0. The predicted octanol–water partition coefficient (Wildman–Crippen LogP) is 0.496. The number of nitrogens with one attached hydrogen (secondary N) is 1. The minimum atomic E-state index is -0.438. The lowest BCUT2D eigenvalue weighted by molar-refractivity contribution is 0.588. The quantitative estimate of drug-likeness (QED) is 0.538. The summed E-state index contributed by atoms with van der Waals surface area (Å²) in [6, 6.07) is 4.90. The highest BCUT2D eigenvalue weighted by atomic mass is 19.1. The molecule has 1 aromatic carbocycles. The van der Waals surface area contributed by atoms with Crippen molar-refractivity contribution in [1.29, 1.82) is 0 Å². The fourth-order valence-electron chi connectivity index (χ4n) is 0.996. The average Bonchev–Trinajstić information content (AvgIpc) is 2.33. The largest absolute Gasteiger partial charge is 0.252 e. The molecule has 0 aliphatic heterocycles. The predicted molar refractivity (Wildman–Crippen MR) is 41.4 cm³/mol. The number of hydrogen-bond acceptors (Lipinski definition) is 1. The first-order valence-corrected chi connectivity index (χ1v) is 3.16. The van der Waals surface area contributed by atoms with Gasteiger partial charge in [-0.05, 0) is 6.07 Å². The van der Waals surface area contributed by atoms with Gasteiger partial charge in [-0.15, -0.1) is 0 Å². The molecular weight excluding hydrogens is 142 g/mol. The van der Waals surface area contributed by atoms with Gasteiger partial charge in [0.1, 0.15) is 7.85 Å². The molecule has 0 aliphatic carbocycles. The van der Waals surface area contributed by atoms with Gasteiger partial charge in [-0.25, -0.2) is 0 Å². The molecule has 0 bridgehead atoms. The van der Waals surface area contributed by atoms with Crippen molar-refractivity contribution >= 4 is 24.2 Å². The molecule has 2 nitrogen and oxygen atoms in total. The Morgan fingerprint density at radius 3 is 3.09 bits per heavy atom. The van der Waals surface area contributed by atoms with Crippen molar-refractivity contribution in [2.24, 2.45) is 0 Å². The number of aromatic amines is 1. The van der Waals surface area contributed by atoms with Crippen LogP contribution in [0.3, 0.4) is 0 Å². The molecule has 0 atom stereocenters. The van der Waals surface area contributed by atoms with Crippen molar-refractivity contribution in [3.8, 4) is 0 Å². The molecule has 0 saturated carbocycles. The van der Waals surface area contributed by atoms with Crippen molar-refractivity contribution in [2.75, 3.05) is 0 Å². The normalized spacial score (nSPS) is 10.6. The third-order valence-electron chi connectivity index (χ3n) is 1.53. The second-order valence-corrected chi connectivity index (χ2v) is 2.31. The van der Waals surface area contributed by atoms with E-state index in [9.17, 15) is 4.39 Å². The number of benzene rings is 1. The van der Waals surface area contributed by atoms with Crippen molar-refractivity contribution in [3.05, 3.63) is 24.1 Å². The molecular formula is C7H4BFN2. The van der Waals surface area contributed by atoms with Crippen molar-refractivity contribution in [1.82, 2.24) is 10.2 Å². The zero-order valence-electron chi connectivity index (χ0n) is 5.63. The Labute approximate surface area is 63.8 Å². The molecule has 0 aliphatic rings. The molecule has 0 saturated heterocycles. The summed E-state index contributed by atoms with van der Waals surface area (Å²) in [4.78, 5) is 0. The standard InChI is InChI=1S/C7H4BFN2/c8-4-1-2-6-5(3-4)7(9)11-10-6/h1-3H,(H,10,11). The summed E-state index contributed by atoms with van der Waals surface area (Å²) in [7, 11) is 5.44. The Morgan fingerprint density at radius 1 is 1.45 bits per heavy atom. The molecule has 11 heavy (non-hydrogen) atoms. The van der Waals surface area contributed by atoms with E-state index in [2.05, 4.69) is 10.2 Å². The van der Waals surface area contributed by atoms with Gasteiger partial charge in [-0.2, -0.15) is 9.49 Å². The van der Waals surface area contributed by atoms with Crippen LogP contribution in [0.4, 0.5) is 4.39 Å². The highest BCUT2D eigenvalue weighted by molar-refractivity contribution is 6.33. The van der Waals surface area contributed by atoms with Gasteiger partial charge in [0.25, 0.3) is 0 Å². The molecule has 52 valence electrons. The molecule has 2 radical (unpaired) electrons. The van der Waals surface area contributed by atoms with Gasteiger partial charge in [-0.1, -0.05) is 17.6 Å². The first-order valence-electron chi connectivity index (χ1n) is 3.16.